The van der Waals surface area contributed by atoms with Gasteiger partial charge in [0.2, 0.25) is 0 Å². The van der Waals surface area contributed by atoms with Gasteiger partial charge in [-0.3, -0.25) is 4.79 Å². The van der Waals surface area contributed by atoms with Crippen LogP contribution in [-0.2, 0) is 0 Å². The number of rotatable bonds is 2. The number of hydrogen-bond acceptors (Lipinski definition) is 1. The molecule has 2 aliphatic carbocycles. The predicted molar refractivity (Wildman–Crippen MR) is 76.3 cm³/mol. The van der Waals surface area contributed by atoms with Gasteiger partial charge in [-0.25, -0.2) is 0 Å². The van der Waals surface area contributed by atoms with Crippen molar-refractivity contribution in [3.8, 4) is 0 Å². The summed E-state index contributed by atoms with van der Waals surface area (Å²) in [7, 11) is 0. The molecule has 2 aliphatic rings. The Labute approximate surface area is 113 Å². The van der Waals surface area contributed by atoms with Crippen LogP contribution in [0.25, 0.3) is 10.9 Å². The van der Waals surface area contributed by atoms with Gasteiger partial charge in [0.05, 0.1) is 0 Å². The summed E-state index contributed by atoms with van der Waals surface area (Å²) in [6.07, 6.45) is 7.08. The van der Waals surface area contributed by atoms with Crippen molar-refractivity contribution in [1.29, 1.82) is 0 Å². The molecule has 2 aromatic rings. The van der Waals surface area contributed by atoms with Crippen LogP contribution >= 0.6 is 0 Å². The number of aromatic amines is 1. The van der Waals surface area contributed by atoms with Crippen LogP contribution in [0.2, 0.25) is 0 Å². The smallest absolute Gasteiger partial charge is 0.168 e. The van der Waals surface area contributed by atoms with Crippen LogP contribution in [0.5, 0.6) is 0 Å². The van der Waals surface area contributed by atoms with Crippen molar-refractivity contribution < 1.29 is 4.79 Å². The van der Waals surface area contributed by atoms with E-state index in [0.717, 1.165) is 16.5 Å². The molecule has 0 saturated heterocycles. The molecule has 0 amide bonds. The Balaban J connectivity index is 1.69. The van der Waals surface area contributed by atoms with Crippen LogP contribution in [0.1, 0.15) is 41.6 Å². The second-order valence-corrected chi connectivity index (χ2v) is 6.25. The van der Waals surface area contributed by atoms with Gasteiger partial charge in [-0.15, -0.1) is 0 Å². The Morgan fingerprint density at radius 1 is 1.21 bits per heavy atom. The maximum atomic E-state index is 12.7. The molecule has 2 atom stereocenters. The zero-order chi connectivity index (χ0) is 13.0. The molecule has 1 aromatic carbocycles. The summed E-state index contributed by atoms with van der Waals surface area (Å²) in [5.41, 5.74) is 3.23. The maximum Gasteiger partial charge on any atom is 0.168 e. The minimum atomic E-state index is 0.322. The fourth-order valence-corrected chi connectivity index (χ4v) is 4.00. The van der Waals surface area contributed by atoms with Crippen molar-refractivity contribution in [2.24, 2.45) is 17.8 Å². The highest BCUT2D eigenvalue weighted by atomic mass is 16.1. The SMILES string of the molecule is Cc1ccc2c(C(=O)C3C4CCCCC43)c[nH]c2c1. The molecule has 2 heteroatoms. The van der Waals surface area contributed by atoms with Crippen LogP contribution in [-0.4, -0.2) is 10.8 Å². The van der Waals surface area contributed by atoms with Crippen LogP contribution in [0.15, 0.2) is 24.4 Å². The normalized spacial score (nSPS) is 29.2. The third-order valence-electron chi connectivity index (χ3n) is 5.06. The summed E-state index contributed by atoms with van der Waals surface area (Å²) in [4.78, 5) is 16.0. The lowest BCUT2D eigenvalue weighted by Crippen LogP contribution is -2.03. The Morgan fingerprint density at radius 2 is 1.95 bits per heavy atom. The van der Waals surface area contributed by atoms with E-state index in [-0.39, 0.29) is 0 Å². The minimum absolute atomic E-state index is 0.322. The number of carbonyl (C=O) groups excluding carboxylic acids is 1. The molecule has 2 saturated carbocycles. The Morgan fingerprint density at radius 3 is 2.68 bits per heavy atom. The molecular formula is C17H19NO. The molecular weight excluding hydrogens is 234 g/mol. The lowest BCUT2D eigenvalue weighted by atomic mass is 10.0. The molecule has 1 N–H and O–H groups in total. The van der Waals surface area contributed by atoms with Crippen molar-refractivity contribution in [3.05, 3.63) is 35.5 Å². The van der Waals surface area contributed by atoms with E-state index in [0.29, 0.717) is 23.5 Å². The number of benzene rings is 1. The maximum absolute atomic E-state index is 12.7. The first-order chi connectivity index (χ1) is 9.25. The van der Waals surface area contributed by atoms with E-state index in [9.17, 15) is 4.79 Å². The van der Waals surface area contributed by atoms with Crippen LogP contribution in [0.3, 0.4) is 0 Å². The van der Waals surface area contributed by atoms with Gasteiger partial charge in [0.25, 0.3) is 0 Å². The van der Waals surface area contributed by atoms with Gasteiger partial charge in [-0.2, -0.15) is 0 Å². The molecule has 4 rings (SSSR count). The third kappa shape index (κ3) is 1.66. The summed E-state index contributed by atoms with van der Waals surface area (Å²) in [6, 6.07) is 6.29. The highest BCUT2D eigenvalue weighted by Crippen LogP contribution is 2.56. The highest BCUT2D eigenvalue weighted by molar-refractivity contribution is 6.10. The first-order valence-electron chi connectivity index (χ1n) is 7.37. The quantitative estimate of drug-likeness (QED) is 0.803. The van der Waals surface area contributed by atoms with Gasteiger partial charge >= 0.3 is 0 Å². The molecule has 0 aliphatic heterocycles. The molecule has 2 nitrogen and oxygen atoms in total. The summed E-state index contributed by atoms with van der Waals surface area (Å²) >= 11 is 0. The third-order valence-corrected chi connectivity index (χ3v) is 5.06. The Hall–Kier alpha value is -1.57. The van der Waals surface area contributed by atoms with Gasteiger partial charge in [-0.1, -0.05) is 25.0 Å². The summed E-state index contributed by atoms with van der Waals surface area (Å²) in [5.74, 6) is 2.09. The number of H-pyrrole nitrogens is 1. The molecule has 0 spiro atoms. The van der Waals surface area contributed by atoms with Crippen LogP contribution in [0.4, 0.5) is 0 Å². The summed E-state index contributed by atoms with van der Waals surface area (Å²) in [6.45, 7) is 2.08. The molecule has 19 heavy (non-hydrogen) atoms. The standard InChI is InChI=1S/C17H19NO/c1-10-6-7-11-14(9-18-15(11)8-10)17(19)16-12-4-2-3-5-13(12)16/h6-9,12-13,16,18H,2-5H2,1H3. The van der Waals surface area contributed by atoms with Gasteiger partial charge < -0.3 is 4.98 Å². The lowest BCUT2D eigenvalue weighted by Gasteiger charge is -2.04. The number of carbonyl (C=O) groups is 1. The fourth-order valence-electron chi connectivity index (χ4n) is 4.00. The summed E-state index contributed by atoms with van der Waals surface area (Å²) in [5, 5.41) is 1.10. The Kier molecular flexibility index (Phi) is 2.35. The van der Waals surface area contributed by atoms with E-state index < -0.39 is 0 Å². The average molecular weight is 253 g/mol. The molecule has 2 fully saturated rings. The van der Waals surface area contributed by atoms with E-state index >= 15 is 0 Å². The molecule has 98 valence electrons. The zero-order valence-corrected chi connectivity index (χ0v) is 11.3. The van der Waals surface area contributed by atoms with E-state index in [2.05, 4.69) is 30.1 Å². The Bertz CT molecular complexity index is 642. The van der Waals surface area contributed by atoms with Crippen LogP contribution < -0.4 is 0 Å². The van der Waals surface area contributed by atoms with Gasteiger partial charge in [0, 0.05) is 28.6 Å². The largest absolute Gasteiger partial charge is 0.360 e. The van der Waals surface area contributed by atoms with Crippen molar-refractivity contribution in [2.75, 3.05) is 0 Å². The van der Waals surface area contributed by atoms with E-state index in [1.807, 2.05) is 6.20 Å². The minimum Gasteiger partial charge on any atom is -0.360 e. The number of aromatic nitrogens is 1. The van der Waals surface area contributed by atoms with E-state index in [1.54, 1.807) is 0 Å². The van der Waals surface area contributed by atoms with Crippen molar-refractivity contribution in [3.63, 3.8) is 0 Å². The van der Waals surface area contributed by atoms with Crippen LogP contribution in [0, 0.1) is 24.7 Å². The molecule has 0 bridgehead atoms. The monoisotopic (exact) mass is 253 g/mol. The molecule has 1 heterocycles. The van der Waals surface area contributed by atoms with Gasteiger partial charge in [0.15, 0.2) is 5.78 Å². The van der Waals surface area contributed by atoms with Crippen molar-refractivity contribution >= 4 is 16.7 Å². The van der Waals surface area contributed by atoms with Gasteiger partial charge in [-0.05, 0) is 43.2 Å². The van der Waals surface area contributed by atoms with Crippen molar-refractivity contribution in [1.82, 2.24) is 4.98 Å². The predicted octanol–water partition coefficient (Wildman–Crippen LogP) is 4.10. The first kappa shape index (κ1) is 11.3. The number of ketones is 1. The molecule has 0 radical (unpaired) electrons. The van der Waals surface area contributed by atoms with E-state index in [1.165, 1.54) is 31.2 Å². The second-order valence-electron chi connectivity index (χ2n) is 6.25. The number of nitrogens with one attached hydrogen (secondary N) is 1. The zero-order valence-electron chi connectivity index (χ0n) is 11.3. The summed E-state index contributed by atoms with van der Waals surface area (Å²) < 4.78 is 0. The number of hydrogen-bond donors (Lipinski definition) is 1. The first-order valence-corrected chi connectivity index (χ1v) is 7.37. The lowest BCUT2D eigenvalue weighted by molar-refractivity contribution is 0.0958. The number of aryl methyl sites for hydroxylation is 1. The molecule has 2 unspecified atom stereocenters. The fraction of sp³-hybridized carbons (Fsp3) is 0.471. The second kappa shape index (κ2) is 3.96. The molecule has 1 aromatic heterocycles. The van der Waals surface area contributed by atoms with E-state index in [4.69, 9.17) is 0 Å². The topological polar surface area (TPSA) is 32.9 Å². The van der Waals surface area contributed by atoms with Gasteiger partial charge in [0.1, 0.15) is 0 Å². The average Bonchev–Trinajstić information content (AvgIpc) is 3.01. The van der Waals surface area contributed by atoms with Crippen molar-refractivity contribution in [2.45, 2.75) is 32.6 Å². The number of Topliss-reactive ketones (excluding diaryl/α,β-unsaturated/α-hetero) is 1. The highest BCUT2D eigenvalue weighted by Gasteiger charge is 2.54. The number of fused-ring (bicyclic) bond motifs is 2.